The summed E-state index contributed by atoms with van der Waals surface area (Å²) in [5.74, 6) is -6.72. The number of unbranched alkanes of at least 4 members (excludes halogenated alkanes) is 2. The number of aliphatic imine (C=N–C) groups is 2. The second kappa shape index (κ2) is 21.2. The molecule has 1 aliphatic carbocycles. The Morgan fingerprint density at radius 3 is 1.62 bits per heavy atom. The third-order valence-corrected chi connectivity index (χ3v) is 11.9. The summed E-state index contributed by atoms with van der Waals surface area (Å²) in [4.78, 5) is 33.0. The number of benzene rings is 2. The van der Waals surface area contributed by atoms with Gasteiger partial charge in [-0.1, -0.05) is 134 Å². The van der Waals surface area contributed by atoms with E-state index in [0.29, 0.717) is 50.5 Å². The highest BCUT2D eigenvalue weighted by Crippen LogP contribution is 2.48. The third-order valence-electron chi connectivity index (χ3n) is 11.9. The number of halogens is 6. The molecule has 332 valence electrons. The van der Waals surface area contributed by atoms with Crippen LogP contribution in [-0.4, -0.2) is 68.8 Å². The van der Waals surface area contributed by atoms with Gasteiger partial charge in [0.15, 0.2) is 29.8 Å². The Bertz CT molecular complexity index is 1800. The zero-order chi connectivity index (χ0) is 44.3. The molecule has 5 atom stereocenters. The van der Waals surface area contributed by atoms with Gasteiger partial charge in [-0.15, -0.1) is 0 Å². The summed E-state index contributed by atoms with van der Waals surface area (Å²) in [7, 11) is 0. The molecule has 7 rings (SSSR count). The van der Waals surface area contributed by atoms with E-state index in [4.69, 9.17) is 0 Å². The van der Waals surface area contributed by atoms with E-state index >= 15 is 0 Å². The first-order valence-corrected chi connectivity index (χ1v) is 21.8. The van der Waals surface area contributed by atoms with Crippen molar-refractivity contribution in [1.29, 1.82) is 0 Å². The number of carbonyl (C=O) groups is 2. The molecule has 5 aliphatic rings. The van der Waals surface area contributed by atoms with Crippen LogP contribution in [-0.2, 0) is 9.59 Å². The van der Waals surface area contributed by atoms with Crippen LogP contribution in [0.4, 0.5) is 26.3 Å². The number of fused-ring (bicyclic) bond motifs is 2. The lowest BCUT2D eigenvalue weighted by molar-refractivity contribution is -0.113. The fourth-order valence-corrected chi connectivity index (χ4v) is 8.18. The van der Waals surface area contributed by atoms with Gasteiger partial charge in [0.2, 0.25) is 5.78 Å². The number of hydrogen-bond donors (Lipinski definition) is 2. The minimum absolute atomic E-state index is 0.0114. The summed E-state index contributed by atoms with van der Waals surface area (Å²) in [5.41, 5.74) is 5.46. The molecule has 2 aromatic carbocycles. The van der Waals surface area contributed by atoms with Gasteiger partial charge in [0.1, 0.15) is 11.3 Å². The van der Waals surface area contributed by atoms with Crippen LogP contribution in [0.3, 0.4) is 0 Å². The van der Waals surface area contributed by atoms with E-state index < -0.39 is 47.6 Å². The molecule has 2 saturated heterocycles. The van der Waals surface area contributed by atoms with Crippen molar-refractivity contribution in [2.24, 2.45) is 9.98 Å². The van der Waals surface area contributed by atoms with E-state index in [1.54, 1.807) is 37.3 Å². The molecule has 4 aliphatic heterocycles. The van der Waals surface area contributed by atoms with Crippen LogP contribution in [0.1, 0.15) is 155 Å². The highest BCUT2D eigenvalue weighted by atomic mass is 19.3. The molecular formula is C46H64F6N6O2. The zero-order valence-electron chi connectivity index (χ0n) is 36.2. The molecule has 0 amide bonds. The molecule has 0 spiro atoms. The van der Waals surface area contributed by atoms with Gasteiger partial charge in [-0.2, -0.15) is 10.0 Å². The van der Waals surface area contributed by atoms with Gasteiger partial charge in [-0.3, -0.25) is 20.4 Å². The molecule has 14 heteroatoms. The lowest BCUT2D eigenvalue weighted by atomic mass is 9.92. The number of nitrogens with one attached hydrogen (secondary N) is 2. The van der Waals surface area contributed by atoms with Crippen LogP contribution in [0.2, 0.25) is 0 Å². The smallest absolute Gasteiger partial charge is 0.286 e. The van der Waals surface area contributed by atoms with Crippen molar-refractivity contribution in [3.63, 3.8) is 0 Å². The lowest BCUT2D eigenvalue weighted by Gasteiger charge is -2.23. The van der Waals surface area contributed by atoms with Crippen molar-refractivity contribution in [2.75, 3.05) is 0 Å². The topological polar surface area (TPSA) is 89.4 Å². The predicted octanol–water partition coefficient (Wildman–Crippen LogP) is 11.5. The molecule has 2 fully saturated rings. The summed E-state index contributed by atoms with van der Waals surface area (Å²) in [6, 6.07) is 17.0. The standard InChI is InChI=1S/C22H30F3N3O.C20H22F3N3O.2C2H6/c1-3-21(23,4-2)14-10-6-9-13-18(29)19-26-20-22(24,25)15-17(28(20)27-19)16-11-7-5-8-12-16;1-2-19(21)9-8-13(11-19)10-16(27)17-24-18-20(22,23)12-15(26(18)25-17)14-6-4-3-5-7-14;2*1-2/h5,7-8,11-12,17,20H,3-4,6,9-10,13-15H2,1-2H3,(H,26,27);3-8,15,18H,2,9-12H2,1H3,(H,24,25);2*1-2H3/t17-,20?;15-,18?,19?;;/m10../s1. The average Bonchev–Trinajstić information content (AvgIpc) is 4.09. The fraction of sp³-hybridized carbons (Fsp3) is 0.609. The van der Waals surface area contributed by atoms with Crippen LogP contribution in [0, 0.1) is 0 Å². The second-order valence-electron chi connectivity index (χ2n) is 15.7. The molecule has 4 heterocycles. The van der Waals surface area contributed by atoms with E-state index in [9.17, 15) is 35.9 Å². The Morgan fingerprint density at radius 2 is 1.18 bits per heavy atom. The molecule has 0 bridgehead atoms. The third kappa shape index (κ3) is 11.5. The van der Waals surface area contributed by atoms with Gasteiger partial charge in [0, 0.05) is 32.1 Å². The van der Waals surface area contributed by atoms with Crippen LogP contribution >= 0.6 is 0 Å². The summed E-state index contributed by atoms with van der Waals surface area (Å²) in [6.07, 6.45) is 3.01. The summed E-state index contributed by atoms with van der Waals surface area (Å²) >= 11 is 0. The van der Waals surface area contributed by atoms with Crippen LogP contribution in [0.5, 0.6) is 0 Å². The van der Waals surface area contributed by atoms with Crippen LogP contribution < -0.4 is 10.9 Å². The van der Waals surface area contributed by atoms with E-state index in [0.717, 1.165) is 17.5 Å². The average molecular weight is 847 g/mol. The summed E-state index contributed by atoms with van der Waals surface area (Å²) in [6.45, 7) is 13.5. The maximum atomic E-state index is 14.5. The Morgan fingerprint density at radius 1 is 0.717 bits per heavy atom. The first-order chi connectivity index (χ1) is 28.6. The predicted molar refractivity (Wildman–Crippen MR) is 226 cm³/mol. The largest absolute Gasteiger partial charge is 0.298 e. The number of ketones is 2. The Labute approximate surface area is 352 Å². The zero-order valence-corrected chi connectivity index (χ0v) is 36.2. The number of hydrogen-bond acceptors (Lipinski definition) is 8. The summed E-state index contributed by atoms with van der Waals surface area (Å²) < 4.78 is 86.5. The maximum Gasteiger partial charge on any atom is 0.286 e. The quantitative estimate of drug-likeness (QED) is 0.105. The molecular weight excluding hydrogens is 783 g/mol. The van der Waals surface area contributed by atoms with Crippen molar-refractivity contribution >= 4 is 23.2 Å². The minimum atomic E-state index is -3.03. The van der Waals surface area contributed by atoms with Crippen molar-refractivity contribution in [3.05, 3.63) is 83.4 Å². The van der Waals surface area contributed by atoms with Crippen LogP contribution in [0.15, 0.2) is 82.3 Å². The highest BCUT2D eigenvalue weighted by molar-refractivity contribution is 6.39. The SMILES string of the molecule is CC.CC.CCC(F)(CC)CCCCCC(=O)C1=NC2N(N1)[C@@H](c1ccccc1)CC2(F)F.CCC1(F)CC=C(CC(=O)C2=NC3N(N2)[C@H](c2ccccc2)CC3(F)F)C1. The van der Waals surface area contributed by atoms with Gasteiger partial charge in [-0.05, 0) is 49.7 Å². The normalized spacial score (nSPS) is 26.0. The molecule has 0 radical (unpaired) electrons. The molecule has 2 N–H and O–H groups in total. The number of rotatable bonds is 15. The van der Waals surface area contributed by atoms with E-state index in [2.05, 4.69) is 20.8 Å². The number of alkyl halides is 6. The number of carbonyl (C=O) groups excluding carboxylic acids is 2. The van der Waals surface area contributed by atoms with Gasteiger partial charge < -0.3 is 0 Å². The number of Topliss-reactive ketones (excluding diaryl/α,β-unsaturated/α-hetero) is 2. The van der Waals surface area contributed by atoms with Crippen molar-refractivity contribution in [2.45, 2.75) is 180 Å². The Balaban J connectivity index is 0.000000245. The molecule has 8 nitrogen and oxygen atoms in total. The monoisotopic (exact) mass is 846 g/mol. The maximum absolute atomic E-state index is 14.5. The molecule has 3 unspecified atom stereocenters. The second-order valence-corrected chi connectivity index (χ2v) is 15.7. The van der Waals surface area contributed by atoms with Gasteiger partial charge in [0.25, 0.3) is 11.8 Å². The fourth-order valence-electron chi connectivity index (χ4n) is 8.18. The first-order valence-electron chi connectivity index (χ1n) is 21.8. The van der Waals surface area contributed by atoms with Crippen LogP contribution in [0.25, 0.3) is 0 Å². The molecule has 60 heavy (non-hydrogen) atoms. The summed E-state index contributed by atoms with van der Waals surface area (Å²) in [5, 5.41) is 2.78. The van der Waals surface area contributed by atoms with Gasteiger partial charge in [-0.25, -0.2) is 36.3 Å². The highest BCUT2D eigenvalue weighted by Gasteiger charge is 2.59. The van der Waals surface area contributed by atoms with E-state index in [-0.39, 0.29) is 55.3 Å². The number of amidine groups is 2. The van der Waals surface area contributed by atoms with Gasteiger partial charge in [0.05, 0.1) is 12.1 Å². The van der Waals surface area contributed by atoms with Crippen molar-refractivity contribution in [1.82, 2.24) is 20.9 Å². The lowest BCUT2D eigenvalue weighted by Crippen LogP contribution is -2.43. The number of nitrogens with zero attached hydrogens (tertiary/aromatic N) is 4. The van der Waals surface area contributed by atoms with E-state index in [1.165, 1.54) is 10.0 Å². The Hall–Kier alpha value is -4.04. The molecule has 2 aromatic rings. The number of hydrazine groups is 2. The van der Waals surface area contributed by atoms with Crippen molar-refractivity contribution < 1.29 is 35.9 Å². The van der Waals surface area contributed by atoms with Crippen molar-refractivity contribution in [3.8, 4) is 0 Å². The van der Waals surface area contributed by atoms with Gasteiger partial charge >= 0.3 is 0 Å². The van der Waals surface area contributed by atoms with E-state index in [1.807, 2.05) is 77.9 Å². The number of allylic oxidation sites excluding steroid dienone is 2. The molecule has 0 saturated carbocycles. The minimum Gasteiger partial charge on any atom is -0.298 e. The first kappa shape index (κ1) is 48.6. The Kier molecular flexibility index (Phi) is 17.1. The molecule has 0 aromatic heterocycles.